The van der Waals surface area contributed by atoms with E-state index in [2.05, 4.69) is 10.3 Å². The van der Waals surface area contributed by atoms with E-state index in [1.54, 1.807) is 34.9 Å². The lowest BCUT2D eigenvalue weighted by Crippen LogP contribution is -2.29. The third-order valence-corrected chi connectivity index (χ3v) is 7.23. The van der Waals surface area contributed by atoms with Crippen molar-refractivity contribution in [2.45, 2.75) is 44.3 Å². The molecule has 0 atom stereocenters. The quantitative estimate of drug-likeness (QED) is 0.365. The Labute approximate surface area is 207 Å². The highest BCUT2D eigenvalue weighted by atomic mass is 35.5. The number of thioether (sulfide) groups is 1. The first kappa shape index (κ1) is 24.3. The molecule has 0 unspecified atom stereocenters. The molecule has 0 aliphatic carbocycles. The van der Waals surface area contributed by atoms with E-state index in [-0.39, 0.29) is 23.1 Å². The maximum absolute atomic E-state index is 13.2. The summed E-state index contributed by atoms with van der Waals surface area (Å²) in [6, 6.07) is 12.5. The number of aromatic nitrogens is 2. The van der Waals surface area contributed by atoms with Crippen LogP contribution in [-0.2, 0) is 16.1 Å². The van der Waals surface area contributed by atoms with Crippen molar-refractivity contribution in [2.75, 3.05) is 24.2 Å². The highest BCUT2D eigenvalue weighted by Crippen LogP contribution is 2.22. The zero-order chi connectivity index (χ0) is 24.1. The van der Waals surface area contributed by atoms with Gasteiger partial charge in [0.15, 0.2) is 5.16 Å². The number of halogens is 1. The van der Waals surface area contributed by atoms with Gasteiger partial charge in [0.05, 0.1) is 16.7 Å². The zero-order valence-corrected chi connectivity index (χ0v) is 20.6. The molecule has 0 radical (unpaired) electrons. The van der Waals surface area contributed by atoms with Crippen LogP contribution in [0.15, 0.2) is 52.4 Å². The molecule has 7 nitrogen and oxygen atoms in total. The average Bonchev–Trinajstić information content (AvgIpc) is 3.37. The van der Waals surface area contributed by atoms with Crippen molar-refractivity contribution in [1.82, 2.24) is 14.5 Å². The Morgan fingerprint density at radius 1 is 1.15 bits per heavy atom. The van der Waals surface area contributed by atoms with Gasteiger partial charge >= 0.3 is 0 Å². The summed E-state index contributed by atoms with van der Waals surface area (Å²) in [7, 11) is 0. The number of aryl methyl sites for hydroxylation is 1. The molecule has 0 bridgehead atoms. The first-order valence-electron chi connectivity index (χ1n) is 11.4. The molecule has 2 amide bonds. The summed E-state index contributed by atoms with van der Waals surface area (Å²) < 4.78 is 1.58. The van der Waals surface area contributed by atoms with E-state index in [1.807, 2.05) is 24.0 Å². The molecule has 34 heavy (non-hydrogen) atoms. The van der Waals surface area contributed by atoms with Gasteiger partial charge in [0.1, 0.15) is 0 Å². The Kier molecular flexibility index (Phi) is 7.90. The summed E-state index contributed by atoms with van der Waals surface area (Å²) >= 11 is 7.35. The molecule has 1 saturated heterocycles. The van der Waals surface area contributed by atoms with Gasteiger partial charge in [-0.05, 0) is 56.0 Å². The van der Waals surface area contributed by atoms with E-state index in [9.17, 15) is 14.4 Å². The monoisotopic (exact) mass is 498 g/mol. The largest absolute Gasteiger partial charge is 0.343 e. The molecule has 1 aromatic heterocycles. The second kappa shape index (κ2) is 11.1. The molecule has 9 heteroatoms. The molecule has 2 aromatic carbocycles. The van der Waals surface area contributed by atoms with Crippen LogP contribution in [0.5, 0.6) is 0 Å². The minimum absolute atomic E-state index is 0.0863. The number of nitrogens with zero attached hydrogens (tertiary/aromatic N) is 3. The van der Waals surface area contributed by atoms with Crippen LogP contribution in [0.25, 0.3) is 10.9 Å². The first-order valence-corrected chi connectivity index (χ1v) is 12.7. The number of hydrogen-bond acceptors (Lipinski definition) is 5. The summed E-state index contributed by atoms with van der Waals surface area (Å²) in [6.45, 7) is 3.90. The fourth-order valence-electron chi connectivity index (χ4n) is 3.97. The van der Waals surface area contributed by atoms with Crippen LogP contribution < -0.4 is 10.9 Å². The van der Waals surface area contributed by atoms with E-state index in [1.165, 1.54) is 11.8 Å². The van der Waals surface area contributed by atoms with Crippen molar-refractivity contribution in [3.05, 3.63) is 63.4 Å². The zero-order valence-electron chi connectivity index (χ0n) is 19.1. The van der Waals surface area contributed by atoms with Gasteiger partial charge in [-0.3, -0.25) is 19.0 Å². The van der Waals surface area contributed by atoms with E-state index < -0.39 is 0 Å². The average molecular weight is 499 g/mol. The SMILES string of the molecule is Cc1ccc(NC(=O)CSc2nc3ccccc3c(=O)n2CCCC(=O)N2CCCC2)cc1Cl. The van der Waals surface area contributed by atoms with Gasteiger partial charge in [0.25, 0.3) is 5.56 Å². The smallest absolute Gasteiger partial charge is 0.262 e. The van der Waals surface area contributed by atoms with Gasteiger partial charge in [0.2, 0.25) is 11.8 Å². The Morgan fingerprint density at radius 3 is 2.68 bits per heavy atom. The van der Waals surface area contributed by atoms with Crippen molar-refractivity contribution in [1.29, 1.82) is 0 Å². The maximum Gasteiger partial charge on any atom is 0.262 e. The fraction of sp³-hybridized carbons (Fsp3) is 0.360. The number of amides is 2. The molecule has 1 aliphatic rings. The van der Waals surface area contributed by atoms with Gasteiger partial charge in [-0.2, -0.15) is 0 Å². The molecule has 1 N–H and O–H groups in total. The van der Waals surface area contributed by atoms with E-state index >= 15 is 0 Å². The minimum Gasteiger partial charge on any atom is -0.343 e. The number of likely N-dealkylation sites (tertiary alicyclic amines) is 1. The number of carbonyl (C=O) groups is 2. The Balaban J connectivity index is 1.47. The van der Waals surface area contributed by atoms with Crippen molar-refractivity contribution < 1.29 is 9.59 Å². The highest BCUT2D eigenvalue weighted by Gasteiger charge is 2.18. The topological polar surface area (TPSA) is 84.3 Å². The van der Waals surface area contributed by atoms with Crippen molar-refractivity contribution in [2.24, 2.45) is 0 Å². The van der Waals surface area contributed by atoms with E-state index in [0.29, 0.717) is 46.2 Å². The predicted octanol–water partition coefficient (Wildman–Crippen LogP) is 4.49. The summed E-state index contributed by atoms with van der Waals surface area (Å²) in [6.07, 6.45) is 3.03. The van der Waals surface area contributed by atoms with Crippen LogP contribution in [0.2, 0.25) is 5.02 Å². The molecule has 1 fully saturated rings. The maximum atomic E-state index is 13.2. The second-order valence-corrected chi connectivity index (χ2v) is 9.71. The highest BCUT2D eigenvalue weighted by molar-refractivity contribution is 7.99. The summed E-state index contributed by atoms with van der Waals surface area (Å²) in [5.41, 5.74) is 1.98. The Hall–Kier alpha value is -2.84. The Morgan fingerprint density at radius 2 is 1.91 bits per heavy atom. The number of rotatable bonds is 8. The third kappa shape index (κ3) is 5.80. The molecule has 1 aliphatic heterocycles. The fourth-order valence-corrected chi connectivity index (χ4v) is 4.97. The number of carbonyl (C=O) groups excluding carboxylic acids is 2. The minimum atomic E-state index is -0.219. The molecule has 178 valence electrons. The Bertz CT molecular complexity index is 1270. The van der Waals surface area contributed by atoms with Gasteiger partial charge in [-0.15, -0.1) is 0 Å². The van der Waals surface area contributed by atoms with Gasteiger partial charge < -0.3 is 10.2 Å². The van der Waals surface area contributed by atoms with Gasteiger partial charge in [-0.25, -0.2) is 4.98 Å². The van der Waals surface area contributed by atoms with Gasteiger partial charge in [-0.1, -0.05) is 41.6 Å². The van der Waals surface area contributed by atoms with Crippen LogP contribution in [0, 0.1) is 6.92 Å². The van der Waals surface area contributed by atoms with Crippen LogP contribution >= 0.6 is 23.4 Å². The molecule has 3 aromatic rings. The number of para-hydroxylation sites is 1. The standard InChI is InChI=1S/C25H27ClN4O3S/c1-17-10-11-18(15-20(17)26)27-22(31)16-34-25-28-21-8-3-2-7-19(21)24(33)30(25)14-6-9-23(32)29-12-4-5-13-29/h2-3,7-8,10-11,15H,4-6,9,12-14,16H2,1H3,(H,27,31). The lowest BCUT2D eigenvalue weighted by molar-refractivity contribution is -0.130. The van der Waals surface area contributed by atoms with Crippen LogP contribution in [0.3, 0.4) is 0 Å². The molecule has 4 rings (SSSR count). The van der Waals surface area contributed by atoms with E-state index in [4.69, 9.17) is 11.6 Å². The van der Waals surface area contributed by atoms with Crippen molar-refractivity contribution in [3.63, 3.8) is 0 Å². The van der Waals surface area contributed by atoms with Crippen molar-refractivity contribution >= 4 is 51.8 Å². The summed E-state index contributed by atoms with van der Waals surface area (Å²) in [5, 5.41) is 4.41. The summed E-state index contributed by atoms with van der Waals surface area (Å²) in [5.74, 6) is -0.00378. The number of hydrogen-bond donors (Lipinski definition) is 1. The lowest BCUT2D eigenvalue weighted by atomic mass is 10.2. The molecule has 0 saturated carbocycles. The predicted molar refractivity (Wildman–Crippen MR) is 137 cm³/mol. The number of benzene rings is 2. The molecular weight excluding hydrogens is 472 g/mol. The van der Waals surface area contributed by atoms with E-state index in [0.717, 1.165) is 31.5 Å². The summed E-state index contributed by atoms with van der Waals surface area (Å²) in [4.78, 5) is 44.7. The van der Waals surface area contributed by atoms with Crippen molar-refractivity contribution in [3.8, 4) is 0 Å². The molecule has 2 heterocycles. The number of nitrogens with one attached hydrogen (secondary N) is 1. The van der Waals surface area contributed by atoms with Gasteiger partial charge in [0, 0.05) is 36.8 Å². The van der Waals surface area contributed by atoms with Crippen LogP contribution in [-0.4, -0.2) is 45.1 Å². The third-order valence-electron chi connectivity index (χ3n) is 5.85. The molecular formula is C25H27ClN4O3S. The van der Waals surface area contributed by atoms with Crippen LogP contribution in [0.4, 0.5) is 5.69 Å². The number of anilines is 1. The second-order valence-electron chi connectivity index (χ2n) is 8.36. The molecule has 0 spiro atoms. The lowest BCUT2D eigenvalue weighted by Gasteiger charge is -2.16. The van der Waals surface area contributed by atoms with Crippen LogP contribution in [0.1, 0.15) is 31.2 Å². The first-order chi connectivity index (χ1) is 16.4. The number of fused-ring (bicyclic) bond motifs is 1. The normalized spacial score (nSPS) is 13.4.